The van der Waals surface area contributed by atoms with E-state index in [4.69, 9.17) is 16.3 Å². The molecule has 1 aromatic rings. The maximum Gasteiger partial charge on any atom is 0.287 e. The average Bonchev–Trinajstić information content (AvgIpc) is 2.28. The van der Waals surface area contributed by atoms with Crippen LogP contribution in [-0.2, 0) is 11.3 Å². The summed E-state index contributed by atoms with van der Waals surface area (Å²) in [5.41, 5.74) is -0.0567. The predicted octanol–water partition coefficient (Wildman–Crippen LogP) is 2.39. The number of nitrogens with zero attached hydrogens (tertiary/aromatic N) is 2. The first-order valence-corrected chi connectivity index (χ1v) is 6.67. The lowest BCUT2D eigenvalue weighted by molar-refractivity contribution is 0.158. The molecular weight excluding hydrogens is 266 g/mol. The first kappa shape index (κ1) is 16.0. The fourth-order valence-electron chi connectivity index (χ4n) is 1.79. The summed E-state index contributed by atoms with van der Waals surface area (Å²) in [5, 5.41) is 7.48. The minimum absolute atomic E-state index is 0.167. The number of rotatable bonds is 6. The van der Waals surface area contributed by atoms with E-state index >= 15 is 0 Å². The van der Waals surface area contributed by atoms with Crippen molar-refractivity contribution >= 4 is 17.3 Å². The van der Waals surface area contributed by atoms with Gasteiger partial charge in [-0.3, -0.25) is 4.79 Å². The van der Waals surface area contributed by atoms with Crippen LogP contribution in [0.4, 0.5) is 5.69 Å². The molecule has 108 valence electrons. The first-order valence-electron chi connectivity index (χ1n) is 6.29. The molecule has 0 spiro atoms. The van der Waals surface area contributed by atoms with Gasteiger partial charge >= 0.3 is 0 Å². The second kappa shape index (κ2) is 6.39. The minimum atomic E-state index is -0.323. The molecule has 0 amide bonds. The van der Waals surface area contributed by atoms with Crippen molar-refractivity contribution in [3.8, 4) is 0 Å². The molecule has 0 saturated heterocycles. The highest BCUT2D eigenvalue weighted by Gasteiger charge is 2.20. The number of ether oxygens (including phenoxy) is 1. The van der Waals surface area contributed by atoms with Gasteiger partial charge < -0.3 is 10.1 Å². The van der Waals surface area contributed by atoms with Crippen molar-refractivity contribution < 1.29 is 4.74 Å². The lowest BCUT2D eigenvalue weighted by Crippen LogP contribution is -2.37. The number of hydrogen-bond donors (Lipinski definition) is 1. The normalized spacial score (nSPS) is 11.9. The Morgan fingerprint density at radius 2 is 2.16 bits per heavy atom. The van der Waals surface area contributed by atoms with E-state index in [1.54, 1.807) is 13.3 Å². The zero-order chi connectivity index (χ0) is 14.6. The summed E-state index contributed by atoms with van der Waals surface area (Å²) >= 11 is 6.11. The summed E-state index contributed by atoms with van der Waals surface area (Å²) in [7, 11) is 1.63. The van der Waals surface area contributed by atoms with Crippen LogP contribution in [0.5, 0.6) is 0 Å². The highest BCUT2D eigenvalue weighted by Crippen LogP contribution is 2.20. The Hall–Kier alpha value is -1.07. The summed E-state index contributed by atoms with van der Waals surface area (Å²) in [5.74, 6) is 0.338. The number of nitrogens with one attached hydrogen (secondary N) is 1. The van der Waals surface area contributed by atoms with Gasteiger partial charge in [0, 0.05) is 13.7 Å². The molecule has 0 saturated carbocycles. The van der Waals surface area contributed by atoms with Crippen molar-refractivity contribution in [2.45, 2.75) is 39.8 Å². The summed E-state index contributed by atoms with van der Waals surface area (Å²) in [6.07, 6.45) is 1.59. The predicted molar refractivity (Wildman–Crippen MR) is 77.9 cm³/mol. The Morgan fingerprint density at radius 3 is 2.68 bits per heavy atom. The second-order valence-electron chi connectivity index (χ2n) is 5.70. The van der Waals surface area contributed by atoms with Gasteiger partial charge in [0.2, 0.25) is 0 Å². The van der Waals surface area contributed by atoms with Gasteiger partial charge in [0.15, 0.2) is 0 Å². The molecule has 0 aliphatic rings. The molecule has 0 aliphatic heterocycles. The Labute approximate surface area is 118 Å². The van der Waals surface area contributed by atoms with Gasteiger partial charge in [-0.15, -0.1) is 0 Å². The molecular formula is C13H22ClN3O2. The van der Waals surface area contributed by atoms with Crippen molar-refractivity contribution in [1.29, 1.82) is 0 Å². The molecule has 19 heavy (non-hydrogen) atoms. The Morgan fingerprint density at radius 1 is 1.53 bits per heavy atom. The molecule has 1 N–H and O–H groups in total. The second-order valence-corrected chi connectivity index (χ2v) is 6.07. The molecule has 1 aromatic heterocycles. The summed E-state index contributed by atoms with van der Waals surface area (Å²) in [6, 6.07) is 0. The van der Waals surface area contributed by atoms with E-state index in [0.29, 0.717) is 24.8 Å². The van der Waals surface area contributed by atoms with Crippen LogP contribution in [0.15, 0.2) is 11.0 Å². The molecule has 1 rings (SSSR count). The van der Waals surface area contributed by atoms with Crippen molar-refractivity contribution in [3.63, 3.8) is 0 Å². The third kappa shape index (κ3) is 4.51. The highest BCUT2D eigenvalue weighted by atomic mass is 35.5. The highest BCUT2D eigenvalue weighted by molar-refractivity contribution is 6.32. The molecule has 0 fully saturated rings. The average molecular weight is 288 g/mol. The summed E-state index contributed by atoms with van der Waals surface area (Å²) in [6.45, 7) is 9.03. The van der Waals surface area contributed by atoms with Crippen LogP contribution in [0.25, 0.3) is 0 Å². The molecule has 0 unspecified atom stereocenters. The monoisotopic (exact) mass is 287 g/mol. The van der Waals surface area contributed by atoms with Gasteiger partial charge in [-0.1, -0.05) is 25.4 Å². The number of aromatic nitrogens is 2. The van der Waals surface area contributed by atoms with E-state index in [0.717, 1.165) is 0 Å². The number of anilines is 1. The lowest BCUT2D eigenvalue weighted by atomic mass is 10.1. The quantitative estimate of drug-likeness (QED) is 0.873. The smallest absolute Gasteiger partial charge is 0.287 e. The van der Waals surface area contributed by atoms with E-state index in [1.807, 2.05) is 27.7 Å². The molecule has 0 aliphatic carbocycles. The number of methoxy groups -OCH3 is 1. The molecule has 0 radical (unpaired) electrons. The molecule has 5 nitrogen and oxygen atoms in total. The summed E-state index contributed by atoms with van der Waals surface area (Å²) in [4.78, 5) is 12.1. The van der Waals surface area contributed by atoms with E-state index in [9.17, 15) is 4.79 Å². The molecule has 6 heteroatoms. The van der Waals surface area contributed by atoms with Crippen LogP contribution in [0.1, 0.15) is 27.7 Å². The van der Waals surface area contributed by atoms with E-state index in [2.05, 4.69) is 10.4 Å². The third-order valence-electron chi connectivity index (χ3n) is 2.50. The number of halogens is 1. The fourth-order valence-corrected chi connectivity index (χ4v) is 1.98. The number of hydrogen-bond acceptors (Lipinski definition) is 4. The zero-order valence-corrected chi connectivity index (χ0v) is 12.9. The Balaban J connectivity index is 3.00. The summed E-state index contributed by atoms with van der Waals surface area (Å²) < 4.78 is 6.51. The topological polar surface area (TPSA) is 56.1 Å². The van der Waals surface area contributed by atoms with Crippen molar-refractivity contribution in [1.82, 2.24) is 9.78 Å². The van der Waals surface area contributed by atoms with Crippen molar-refractivity contribution in [3.05, 3.63) is 21.6 Å². The van der Waals surface area contributed by atoms with Crippen molar-refractivity contribution in [2.75, 3.05) is 19.0 Å². The Kier molecular flexibility index (Phi) is 5.38. The standard InChI is InChI=1S/C13H22ClN3O2/c1-9(2)7-17-12(18)11(14)10(6-15-17)16-13(3,4)8-19-5/h6,9,16H,7-8H2,1-5H3. The molecule has 0 aromatic carbocycles. The van der Waals surface area contributed by atoms with Crippen molar-refractivity contribution in [2.24, 2.45) is 5.92 Å². The minimum Gasteiger partial charge on any atom is -0.382 e. The van der Waals surface area contributed by atoms with Gasteiger partial charge in [-0.2, -0.15) is 5.10 Å². The maximum atomic E-state index is 12.1. The van der Waals surface area contributed by atoms with Gasteiger partial charge in [0.05, 0.1) is 24.0 Å². The van der Waals surface area contributed by atoms with Crippen LogP contribution in [0, 0.1) is 5.92 Å². The van der Waals surface area contributed by atoms with Gasteiger partial charge in [0.1, 0.15) is 5.02 Å². The van der Waals surface area contributed by atoms with Gasteiger partial charge in [-0.05, 0) is 19.8 Å². The molecule has 1 heterocycles. The van der Waals surface area contributed by atoms with E-state index in [-0.39, 0.29) is 16.1 Å². The van der Waals surface area contributed by atoms with E-state index < -0.39 is 0 Å². The van der Waals surface area contributed by atoms with Gasteiger partial charge in [-0.25, -0.2) is 4.68 Å². The third-order valence-corrected chi connectivity index (χ3v) is 2.87. The fraction of sp³-hybridized carbons (Fsp3) is 0.692. The van der Waals surface area contributed by atoms with E-state index in [1.165, 1.54) is 4.68 Å². The van der Waals surface area contributed by atoms with Crippen LogP contribution in [0.2, 0.25) is 5.02 Å². The maximum absolute atomic E-state index is 12.1. The SMILES string of the molecule is COCC(C)(C)Nc1cnn(CC(C)C)c(=O)c1Cl. The first-order chi connectivity index (χ1) is 8.76. The Bertz CT molecular complexity index is 483. The molecule has 0 atom stereocenters. The van der Waals surface area contributed by atoms with Crippen LogP contribution < -0.4 is 10.9 Å². The largest absolute Gasteiger partial charge is 0.382 e. The van der Waals surface area contributed by atoms with Crippen LogP contribution in [0.3, 0.4) is 0 Å². The van der Waals surface area contributed by atoms with Crippen LogP contribution >= 0.6 is 11.6 Å². The van der Waals surface area contributed by atoms with Crippen LogP contribution in [-0.4, -0.2) is 29.0 Å². The zero-order valence-electron chi connectivity index (χ0n) is 12.2. The van der Waals surface area contributed by atoms with Gasteiger partial charge in [0.25, 0.3) is 5.56 Å². The lowest BCUT2D eigenvalue weighted by Gasteiger charge is -2.26. The molecule has 0 bridgehead atoms.